The van der Waals surface area contributed by atoms with Gasteiger partial charge < -0.3 is 28.7 Å². The molecule has 2 saturated heterocycles. The Bertz CT molecular complexity index is 1240. The van der Waals surface area contributed by atoms with Gasteiger partial charge in [0, 0.05) is 38.3 Å². The van der Waals surface area contributed by atoms with Crippen LogP contribution < -0.4 is 18.9 Å². The Kier molecular flexibility index (Phi) is 8.91. The second-order valence-electron chi connectivity index (χ2n) is 11.0. The van der Waals surface area contributed by atoms with Gasteiger partial charge in [0.2, 0.25) is 25.4 Å². The largest absolute Gasteiger partial charge is 0.454 e. The average molecular weight is 575 g/mol. The van der Waals surface area contributed by atoms with Crippen molar-refractivity contribution in [2.75, 3.05) is 66.2 Å². The molecule has 6 rings (SSSR count). The molecule has 0 atom stereocenters. The van der Waals surface area contributed by atoms with E-state index in [4.69, 9.17) is 18.9 Å². The summed E-state index contributed by atoms with van der Waals surface area (Å²) in [7, 11) is 0. The third kappa shape index (κ3) is 7.06. The minimum Gasteiger partial charge on any atom is -0.454 e. The summed E-state index contributed by atoms with van der Waals surface area (Å²) in [4.78, 5) is 34.3. The maximum atomic E-state index is 12.8. The van der Waals surface area contributed by atoms with Crippen LogP contribution in [0.3, 0.4) is 0 Å². The third-order valence-electron chi connectivity index (χ3n) is 8.00. The maximum absolute atomic E-state index is 12.8. The van der Waals surface area contributed by atoms with Crippen molar-refractivity contribution in [3.05, 3.63) is 59.7 Å². The van der Waals surface area contributed by atoms with Crippen molar-refractivity contribution in [1.29, 1.82) is 0 Å². The van der Waals surface area contributed by atoms with Crippen LogP contribution in [-0.2, 0) is 9.59 Å². The van der Waals surface area contributed by atoms with Crippen LogP contribution >= 0.6 is 0 Å². The fourth-order valence-corrected chi connectivity index (χ4v) is 5.71. The molecule has 0 N–H and O–H groups in total. The summed E-state index contributed by atoms with van der Waals surface area (Å²) in [5.41, 5.74) is 1.83. The van der Waals surface area contributed by atoms with E-state index in [1.165, 1.54) is 0 Å². The summed E-state index contributed by atoms with van der Waals surface area (Å²) in [5, 5.41) is 0. The third-order valence-corrected chi connectivity index (χ3v) is 8.00. The number of benzene rings is 2. The number of nitrogens with zero attached hydrogens (tertiary/aromatic N) is 4. The van der Waals surface area contributed by atoms with E-state index < -0.39 is 0 Å². The molecule has 0 spiro atoms. The highest BCUT2D eigenvalue weighted by Crippen LogP contribution is 2.33. The first-order valence-electron chi connectivity index (χ1n) is 14.8. The van der Waals surface area contributed by atoms with Gasteiger partial charge in [0.15, 0.2) is 23.0 Å². The molecule has 0 radical (unpaired) electrons. The lowest BCUT2D eigenvalue weighted by atomic mass is 10.2. The molecule has 2 aromatic carbocycles. The summed E-state index contributed by atoms with van der Waals surface area (Å²) >= 11 is 0. The molecule has 0 saturated carbocycles. The van der Waals surface area contributed by atoms with Crippen LogP contribution in [0.4, 0.5) is 0 Å². The summed E-state index contributed by atoms with van der Waals surface area (Å²) in [6.07, 6.45) is 11.0. The van der Waals surface area contributed by atoms with Gasteiger partial charge in [0.25, 0.3) is 0 Å². The van der Waals surface area contributed by atoms with Gasteiger partial charge in [-0.05, 0) is 86.3 Å². The Labute approximate surface area is 246 Å². The number of carbonyl (C=O) groups excluding carboxylic acids is 2. The molecule has 0 aromatic heterocycles. The van der Waals surface area contributed by atoms with Crippen molar-refractivity contribution in [1.82, 2.24) is 19.6 Å². The SMILES string of the molecule is O=C(/C=C/c1ccc2c(c1)OCO2)N1CCCN(CCCCN2CCCN(C(=O)/C=C/c3ccc4c(c3)OCO4)C2)C1. The number of amides is 2. The Morgan fingerprint density at radius 3 is 1.55 bits per heavy atom. The summed E-state index contributed by atoms with van der Waals surface area (Å²) in [6.45, 7) is 7.30. The predicted molar refractivity (Wildman–Crippen MR) is 158 cm³/mol. The van der Waals surface area contributed by atoms with E-state index in [0.717, 1.165) is 87.6 Å². The molecule has 10 nitrogen and oxygen atoms in total. The Morgan fingerprint density at radius 2 is 1.07 bits per heavy atom. The molecular formula is C32H38N4O6. The van der Waals surface area contributed by atoms with Gasteiger partial charge in [-0.25, -0.2) is 0 Å². The van der Waals surface area contributed by atoms with E-state index in [1.807, 2.05) is 58.4 Å². The zero-order valence-electron chi connectivity index (χ0n) is 23.9. The average Bonchev–Trinajstić information content (AvgIpc) is 3.70. The Morgan fingerprint density at radius 1 is 0.619 bits per heavy atom. The first-order chi connectivity index (χ1) is 20.6. The molecule has 2 aromatic rings. The topological polar surface area (TPSA) is 84.0 Å². The van der Waals surface area contributed by atoms with Crippen LogP contribution in [0.2, 0.25) is 0 Å². The van der Waals surface area contributed by atoms with E-state index in [-0.39, 0.29) is 25.4 Å². The van der Waals surface area contributed by atoms with Gasteiger partial charge >= 0.3 is 0 Å². The molecular weight excluding hydrogens is 536 g/mol. The molecule has 4 aliphatic rings. The van der Waals surface area contributed by atoms with Crippen molar-refractivity contribution >= 4 is 24.0 Å². The number of carbonyl (C=O) groups is 2. The number of ether oxygens (including phenoxy) is 4. The molecule has 0 unspecified atom stereocenters. The zero-order chi connectivity index (χ0) is 28.7. The molecule has 42 heavy (non-hydrogen) atoms. The summed E-state index contributed by atoms with van der Waals surface area (Å²) < 4.78 is 21.6. The first-order valence-corrected chi connectivity index (χ1v) is 14.8. The Balaban J connectivity index is 0.902. The van der Waals surface area contributed by atoms with Crippen LogP contribution in [0.1, 0.15) is 36.8 Å². The first kappa shape index (κ1) is 28.1. The van der Waals surface area contributed by atoms with E-state index in [0.29, 0.717) is 24.8 Å². The second-order valence-corrected chi connectivity index (χ2v) is 11.0. The van der Waals surface area contributed by atoms with Gasteiger partial charge in [-0.2, -0.15) is 0 Å². The van der Waals surface area contributed by atoms with Crippen LogP contribution in [0.5, 0.6) is 23.0 Å². The van der Waals surface area contributed by atoms with Crippen LogP contribution in [0.25, 0.3) is 12.2 Å². The van der Waals surface area contributed by atoms with E-state index >= 15 is 0 Å². The van der Waals surface area contributed by atoms with Crippen LogP contribution in [0.15, 0.2) is 48.6 Å². The Hall–Kier alpha value is -4.02. The molecule has 2 amide bonds. The predicted octanol–water partition coefficient (Wildman–Crippen LogP) is 3.63. The van der Waals surface area contributed by atoms with Crippen LogP contribution in [-0.4, -0.2) is 97.6 Å². The quantitative estimate of drug-likeness (QED) is 0.332. The smallest absolute Gasteiger partial charge is 0.247 e. The molecule has 4 aliphatic heterocycles. The van der Waals surface area contributed by atoms with Crippen molar-refractivity contribution < 1.29 is 28.5 Å². The zero-order valence-corrected chi connectivity index (χ0v) is 23.9. The van der Waals surface area contributed by atoms with Crippen molar-refractivity contribution in [2.45, 2.75) is 25.7 Å². The standard InChI is InChI=1S/C32H38N4O6/c37-31(11-7-25-5-9-27-29(19-25)41-23-39-27)35-17-3-15-33(21-35)13-1-2-14-34-16-4-18-36(22-34)32(38)12-8-26-6-10-28-30(20-26)42-24-40-28/h5-12,19-20H,1-4,13-18,21-24H2/b11-7+,12-8+. The highest BCUT2D eigenvalue weighted by atomic mass is 16.7. The highest BCUT2D eigenvalue weighted by Gasteiger charge is 2.22. The second kappa shape index (κ2) is 13.3. The van der Waals surface area contributed by atoms with Crippen LogP contribution in [0, 0.1) is 0 Å². The molecule has 4 heterocycles. The molecule has 2 fully saturated rings. The fraction of sp³-hybridized carbons (Fsp3) is 0.438. The molecule has 0 aliphatic carbocycles. The van der Waals surface area contributed by atoms with Gasteiger partial charge in [-0.1, -0.05) is 12.1 Å². The minimum atomic E-state index is 0.0306. The van der Waals surface area contributed by atoms with E-state index in [1.54, 1.807) is 12.2 Å². The van der Waals surface area contributed by atoms with Gasteiger partial charge in [-0.15, -0.1) is 0 Å². The maximum Gasteiger partial charge on any atom is 0.247 e. The molecule has 222 valence electrons. The molecule has 0 bridgehead atoms. The number of fused-ring (bicyclic) bond motifs is 2. The normalized spacial score (nSPS) is 18.9. The number of rotatable bonds is 9. The van der Waals surface area contributed by atoms with Crippen molar-refractivity contribution in [3.8, 4) is 23.0 Å². The fourth-order valence-electron chi connectivity index (χ4n) is 5.71. The van der Waals surface area contributed by atoms with Gasteiger partial charge in [0.05, 0.1) is 13.3 Å². The molecule has 10 heteroatoms. The lowest BCUT2D eigenvalue weighted by Crippen LogP contribution is -2.48. The highest BCUT2D eigenvalue weighted by molar-refractivity contribution is 5.92. The number of unbranched alkanes of at least 4 members (excludes halogenated alkanes) is 1. The van der Waals surface area contributed by atoms with Crippen molar-refractivity contribution in [3.63, 3.8) is 0 Å². The van der Waals surface area contributed by atoms with E-state index in [2.05, 4.69) is 9.80 Å². The lowest BCUT2D eigenvalue weighted by molar-refractivity contribution is -0.130. The minimum absolute atomic E-state index is 0.0306. The number of hydrogen-bond acceptors (Lipinski definition) is 8. The van der Waals surface area contributed by atoms with Gasteiger partial charge in [0.1, 0.15) is 0 Å². The summed E-state index contributed by atoms with van der Waals surface area (Å²) in [5.74, 6) is 2.97. The monoisotopic (exact) mass is 574 g/mol. The summed E-state index contributed by atoms with van der Waals surface area (Å²) in [6, 6.07) is 11.4. The van der Waals surface area contributed by atoms with Crippen molar-refractivity contribution in [2.24, 2.45) is 0 Å². The van der Waals surface area contributed by atoms with Gasteiger partial charge in [-0.3, -0.25) is 19.4 Å². The lowest BCUT2D eigenvalue weighted by Gasteiger charge is -2.36. The number of hydrogen-bond donors (Lipinski definition) is 0. The van der Waals surface area contributed by atoms with E-state index in [9.17, 15) is 9.59 Å².